The van der Waals surface area contributed by atoms with E-state index < -0.39 is 0 Å². The number of aryl methyl sites for hydroxylation is 1. The molecule has 4 heterocycles. The van der Waals surface area contributed by atoms with Gasteiger partial charge in [-0.3, -0.25) is 5.10 Å². The maximum atomic E-state index is 13.7. The van der Waals surface area contributed by atoms with Gasteiger partial charge in [0.25, 0.3) is 0 Å². The molecule has 0 bridgehead atoms. The molecule has 1 aromatic carbocycles. The van der Waals surface area contributed by atoms with Crippen molar-refractivity contribution in [2.75, 3.05) is 0 Å². The molecule has 4 aromatic heterocycles. The first kappa shape index (κ1) is 12.3. The number of nitrogens with zero attached hydrogens (tertiary/aromatic N) is 5. The molecule has 112 valence electrons. The number of benzene rings is 1. The summed E-state index contributed by atoms with van der Waals surface area (Å²) in [5.74, 6) is -0.269. The van der Waals surface area contributed by atoms with Gasteiger partial charge in [-0.2, -0.15) is 10.2 Å². The summed E-state index contributed by atoms with van der Waals surface area (Å²) >= 11 is 0. The quantitative estimate of drug-likeness (QED) is 0.518. The number of rotatable bonds is 1. The largest absolute Gasteiger partial charge is 0.304 e. The Morgan fingerprint density at radius 1 is 1.13 bits per heavy atom. The van der Waals surface area contributed by atoms with Crippen LogP contribution in [0.1, 0.15) is 5.69 Å². The predicted molar refractivity (Wildman–Crippen MR) is 84.2 cm³/mol. The van der Waals surface area contributed by atoms with Gasteiger partial charge >= 0.3 is 0 Å². The Bertz CT molecular complexity index is 1200. The minimum Gasteiger partial charge on any atom is -0.304 e. The van der Waals surface area contributed by atoms with E-state index in [2.05, 4.69) is 24.8 Å². The first-order chi connectivity index (χ1) is 11.2. The van der Waals surface area contributed by atoms with Crippen LogP contribution in [-0.4, -0.2) is 29.4 Å². The van der Waals surface area contributed by atoms with Crippen molar-refractivity contribution < 1.29 is 4.39 Å². The molecule has 5 rings (SSSR count). The van der Waals surface area contributed by atoms with Gasteiger partial charge in [0.1, 0.15) is 12.1 Å². The molecule has 0 spiro atoms. The van der Waals surface area contributed by atoms with Crippen LogP contribution < -0.4 is 0 Å². The van der Waals surface area contributed by atoms with E-state index in [-0.39, 0.29) is 5.82 Å². The summed E-state index contributed by atoms with van der Waals surface area (Å²) in [6.07, 6.45) is 3.28. The number of halogens is 1. The Hall–Kier alpha value is -3.22. The summed E-state index contributed by atoms with van der Waals surface area (Å²) in [6.45, 7) is 1.98. The maximum absolute atomic E-state index is 13.7. The van der Waals surface area contributed by atoms with Gasteiger partial charge in [-0.25, -0.2) is 13.9 Å². The molecular formula is C16H11FN6. The number of aromatic nitrogens is 6. The van der Waals surface area contributed by atoms with Crippen LogP contribution in [0.15, 0.2) is 42.9 Å². The van der Waals surface area contributed by atoms with Gasteiger partial charge in [0.2, 0.25) is 0 Å². The molecule has 0 amide bonds. The molecule has 6 nitrogen and oxygen atoms in total. The van der Waals surface area contributed by atoms with Gasteiger partial charge in [-0.1, -0.05) is 0 Å². The molecule has 1 N–H and O–H groups in total. The van der Waals surface area contributed by atoms with Crippen LogP contribution in [0.25, 0.3) is 33.3 Å². The zero-order valence-corrected chi connectivity index (χ0v) is 12.2. The van der Waals surface area contributed by atoms with E-state index in [1.165, 1.54) is 18.5 Å². The number of hydrogen-bond acceptors (Lipinski definition) is 3. The summed E-state index contributed by atoms with van der Waals surface area (Å²) in [5, 5.41) is 12.1. The van der Waals surface area contributed by atoms with E-state index in [4.69, 9.17) is 0 Å². The standard InChI is InChI=1S/C16H11FN6/c1-9-12(4-5-15-18-8-20-23(9)15)22-13-3-2-10(17)6-11(13)16-14(22)7-19-21-16/h2-8H,1H3,(H,19,21). The van der Waals surface area contributed by atoms with Crippen molar-refractivity contribution >= 4 is 27.6 Å². The van der Waals surface area contributed by atoms with E-state index in [1.54, 1.807) is 16.8 Å². The van der Waals surface area contributed by atoms with Gasteiger partial charge in [0.15, 0.2) is 5.65 Å². The van der Waals surface area contributed by atoms with Gasteiger partial charge in [0.05, 0.1) is 34.1 Å². The lowest BCUT2D eigenvalue weighted by Gasteiger charge is -2.11. The van der Waals surface area contributed by atoms with E-state index in [0.717, 1.165) is 39.0 Å². The number of aromatic amines is 1. The predicted octanol–water partition coefficient (Wildman–Crippen LogP) is 3.00. The SMILES string of the molecule is Cc1c(-n2c3ccc(F)cc3c3[nH]ncc32)ccc2ncnn12. The number of H-pyrrole nitrogens is 1. The highest BCUT2D eigenvalue weighted by atomic mass is 19.1. The second kappa shape index (κ2) is 4.16. The van der Waals surface area contributed by atoms with Gasteiger partial charge in [0, 0.05) is 5.39 Å². The van der Waals surface area contributed by atoms with Crippen molar-refractivity contribution in [2.45, 2.75) is 6.92 Å². The third-order valence-corrected chi connectivity index (χ3v) is 4.22. The number of hydrogen-bond donors (Lipinski definition) is 1. The Morgan fingerprint density at radius 3 is 2.96 bits per heavy atom. The van der Waals surface area contributed by atoms with Crippen LogP contribution in [0.4, 0.5) is 4.39 Å². The van der Waals surface area contributed by atoms with Crippen molar-refractivity contribution in [3.8, 4) is 5.69 Å². The molecule has 0 saturated heterocycles. The highest BCUT2D eigenvalue weighted by molar-refractivity contribution is 6.06. The number of pyridine rings is 1. The lowest BCUT2D eigenvalue weighted by molar-refractivity contribution is 0.629. The average molecular weight is 306 g/mol. The Labute approximate surface area is 129 Å². The first-order valence-electron chi connectivity index (χ1n) is 7.17. The average Bonchev–Trinajstić information content (AvgIpc) is 3.24. The Morgan fingerprint density at radius 2 is 2.04 bits per heavy atom. The number of fused-ring (bicyclic) bond motifs is 4. The molecule has 23 heavy (non-hydrogen) atoms. The Kier molecular flexibility index (Phi) is 2.23. The minimum atomic E-state index is -0.269. The lowest BCUT2D eigenvalue weighted by Crippen LogP contribution is -2.03. The van der Waals surface area contributed by atoms with Crippen molar-refractivity contribution in [1.82, 2.24) is 29.4 Å². The summed E-state index contributed by atoms with van der Waals surface area (Å²) in [6, 6.07) is 8.68. The van der Waals surface area contributed by atoms with Crippen molar-refractivity contribution in [3.63, 3.8) is 0 Å². The van der Waals surface area contributed by atoms with Crippen LogP contribution in [0.3, 0.4) is 0 Å². The van der Waals surface area contributed by atoms with Crippen LogP contribution in [0.5, 0.6) is 0 Å². The topological polar surface area (TPSA) is 63.8 Å². The molecule has 0 atom stereocenters. The van der Waals surface area contributed by atoms with Crippen molar-refractivity contribution in [2.24, 2.45) is 0 Å². The lowest BCUT2D eigenvalue weighted by atomic mass is 10.2. The molecule has 0 aliphatic carbocycles. The smallest absolute Gasteiger partial charge is 0.155 e. The third-order valence-electron chi connectivity index (χ3n) is 4.22. The minimum absolute atomic E-state index is 0.269. The van der Waals surface area contributed by atoms with Crippen molar-refractivity contribution in [3.05, 3.63) is 54.4 Å². The third kappa shape index (κ3) is 1.53. The van der Waals surface area contributed by atoms with Gasteiger partial charge in [-0.15, -0.1) is 0 Å². The fourth-order valence-electron chi connectivity index (χ4n) is 3.18. The zero-order chi connectivity index (χ0) is 15.6. The van der Waals surface area contributed by atoms with Crippen LogP contribution in [0, 0.1) is 12.7 Å². The second-order valence-corrected chi connectivity index (χ2v) is 5.46. The van der Waals surface area contributed by atoms with E-state index in [1.807, 2.05) is 19.1 Å². The summed E-state index contributed by atoms with van der Waals surface area (Å²) in [4.78, 5) is 4.20. The Balaban J connectivity index is 1.97. The molecular weight excluding hydrogens is 295 g/mol. The molecule has 0 radical (unpaired) electrons. The zero-order valence-electron chi connectivity index (χ0n) is 12.2. The summed E-state index contributed by atoms with van der Waals surface area (Å²) < 4.78 is 17.5. The summed E-state index contributed by atoms with van der Waals surface area (Å²) in [5.41, 5.74) is 5.32. The van der Waals surface area contributed by atoms with Crippen LogP contribution in [-0.2, 0) is 0 Å². The number of nitrogens with one attached hydrogen (secondary N) is 1. The normalized spacial score (nSPS) is 11.9. The van der Waals surface area contributed by atoms with Crippen molar-refractivity contribution in [1.29, 1.82) is 0 Å². The van der Waals surface area contributed by atoms with Crippen LogP contribution >= 0.6 is 0 Å². The summed E-state index contributed by atoms with van der Waals surface area (Å²) in [7, 11) is 0. The van der Waals surface area contributed by atoms with E-state index in [0.29, 0.717) is 0 Å². The molecule has 5 aromatic rings. The fraction of sp³-hybridized carbons (Fsp3) is 0.0625. The van der Waals surface area contributed by atoms with Gasteiger partial charge < -0.3 is 4.57 Å². The first-order valence-corrected chi connectivity index (χ1v) is 7.17. The monoisotopic (exact) mass is 306 g/mol. The van der Waals surface area contributed by atoms with Gasteiger partial charge in [-0.05, 0) is 37.3 Å². The molecule has 7 heteroatoms. The molecule has 0 saturated carbocycles. The van der Waals surface area contributed by atoms with E-state index >= 15 is 0 Å². The fourth-order valence-corrected chi connectivity index (χ4v) is 3.18. The molecule has 0 aliphatic heterocycles. The van der Waals surface area contributed by atoms with E-state index in [9.17, 15) is 4.39 Å². The molecule has 0 unspecified atom stereocenters. The van der Waals surface area contributed by atoms with Crippen LogP contribution in [0.2, 0.25) is 0 Å². The second-order valence-electron chi connectivity index (χ2n) is 5.46. The highest BCUT2D eigenvalue weighted by Crippen LogP contribution is 2.32. The molecule has 0 fully saturated rings. The molecule has 0 aliphatic rings. The highest BCUT2D eigenvalue weighted by Gasteiger charge is 2.17. The maximum Gasteiger partial charge on any atom is 0.155 e.